The van der Waals surface area contributed by atoms with Crippen LogP contribution in [0.4, 0.5) is 0 Å². The summed E-state index contributed by atoms with van der Waals surface area (Å²) in [6, 6.07) is 3.62. The number of nitrogens with one attached hydrogen (secondary N) is 2. The number of pyridine rings is 1. The normalized spacial score (nSPS) is 10.6. The molecule has 0 fully saturated rings. The molecule has 2 rings (SSSR count). The van der Waals surface area contributed by atoms with E-state index in [1.165, 1.54) is 0 Å². The van der Waals surface area contributed by atoms with Gasteiger partial charge in [-0.3, -0.25) is 4.79 Å². The molecule has 0 aliphatic heterocycles. The number of imidazole rings is 1. The van der Waals surface area contributed by atoms with E-state index in [1.54, 1.807) is 24.8 Å². The molecule has 0 saturated carbocycles. The van der Waals surface area contributed by atoms with Gasteiger partial charge in [0.25, 0.3) is 0 Å². The second kappa shape index (κ2) is 5.18. The Balaban J connectivity index is 2.39. The summed E-state index contributed by atoms with van der Waals surface area (Å²) in [5.74, 6) is 0.485. The van der Waals surface area contributed by atoms with Crippen molar-refractivity contribution in [2.75, 3.05) is 14.2 Å². The second-order valence-corrected chi connectivity index (χ2v) is 4.12. The van der Waals surface area contributed by atoms with Crippen LogP contribution in [0.2, 0.25) is 0 Å². The van der Waals surface area contributed by atoms with Gasteiger partial charge in [-0.1, -0.05) is 0 Å². The Morgan fingerprint density at radius 2 is 2.39 bits per heavy atom. The highest BCUT2D eigenvalue weighted by Crippen LogP contribution is 2.16. The summed E-state index contributed by atoms with van der Waals surface area (Å²) in [6.45, 7) is 0.485. The minimum Gasteiger partial charge on any atom is -0.481 e. The lowest BCUT2D eigenvalue weighted by molar-refractivity contribution is -0.120. The predicted molar refractivity (Wildman–Crippen MR) is 70.2 cm³/mol. The number of ether oxygens (including phenoxy) is 1. The maximum atomic E-state index is 11.3. The Bertz CT molecular complexity index is 631. The van der Waals surface area contributed by atoms with E-state index in [4.69, 9.17) is 17.0 Å². The number of amides is 1. The monoisotopic (exact) mass is 266 g/mol. The van der Waals surface area contributed by atoms with Gasteiger partial charge in [-0.15, -0.1) is 0 Å². The average Bonchev–Trinajstić information content (AvgIpc) is 2.70. The highest BCUT2D eigenvalue weighted by molar-refractivity contribution is 7.71. The topological polar surface area (TPSA) is 71.9 Å². The molecule has 6 nitrogen and oxygen atoms in total. The Morgan fingerprint density at radius 3 is 3.06 bits per heavy atom. The SMILES string of the molecule is CNC(=O)CCn1c(=S)[nH]c2ccc(OC)nc21. The van der Waals surface area contributed by atoms with Gasteiger partial charge in [-0.05, 0) is 18.3 Å². The summed E-state index contributed by atoms with van der Waals surface area (Å²) in [6.07, 6.45) is 0.358. The number of aromatic nitrogens is 3. The number of nitrogens with zero attached hydrogens (tertiary/aromatic N) is 2. The van der Waals surface area contributed by atoms with Crippen LogP contribution in [0.15, 0.2) is 12.1 Å². The molecule has 0 spiro atoms. The molecule has 0 aliphatic rings. The zero-order valence-electron chi connectivity index (χ0n) is 10.2. The third kappa shape index (κ3) is 2.35. The predicted octanol–water partition coefficient (Wildman–Crippen LogP) is 1.24. The van der Waals surface area contributed by atoms with E-state index in [-0.39, 0.29) is 5.91 Å². The van der Waals surface area contributed by atoms with Crippen molar-refractivity contribution in [2.45, 2.75) is 13.0 Å². The van der Waals surface area contributed by atoms with E-state index in [0.717, 1.165) is 5.52 Å². The largest absolute Gasteiger partial charge is 0.481 e. The zero-order valence-corrected chi connectivity index (χ0v) is 11.0. The first-order chi connectivity index (χ1) is 8.65. The van der Waals surface area contributed by atoms with Crippen LogP contribution >= 0.6 is 12.2 Å². The first-order valence-corrected chi connectivity index (χ1v) is 5.90. The summed E-state index contributed by atoms with van der Waals surface area (Å²) in [7, 11) is 3.17. The summed E-state index contributed by atoms with van der Waals surface area (Å²) in [4.78, 5) is 18.6. The molecule has 0 aliphatic carbocycles. The first-order valence-electron chi connectivity index (χ1n) is 5.50. The Hall–Kier alpha value is -1.89. The average molecular weight is 266 g/mol. The smallest absolute Gasteiger partial charge is 0.221 e. The van der Waals surface area contributed by atoms with Crippen molar-refractivity contribution in [3.63, 3.8) is 0 Å². The number of hydrogen-bond donors (Lipinski definition) is 2. The van der Waals surface area contributed by atoms with E-state index in [1.807, 2.05) is 6.07 Å². The molecular formula is C11H14N4O2S. The summed E-state index contributed by atoms with van der Waals surface area (Å²) in [5.41, 5.74) is 1.53. The number of aromatic amines is 1. The van der Waals surface area contributed by atoms with Crippen LogP contribution in [0.3, 0.4) is 0 Å². The van der Waals surface area contributed by atoms with E-state index in [0.29, 0.717) is 29.3 Å². The molecule has 0 bridgehead atoms. The second-order valence-electron chi connectivity index (χ2n) is 3.73. The number of rotatable bonds is 4. The van der Waals surface area contributed by atoms with Gasteiger partial charge in [0.05, 0.1) is 12.6 Å². The fourth-order valence-corrected chi connectivity index (χ4v) is 1.96. The van der Waals surface area contributed by atoms with Crippen LogP contribution < -0.4 is 10.1 Å². The molecule has 0 saturated heterocycles. The van der Waals surface area contributed by atoms with Gasteiger partial charge in [0.2, 0.25) is 11.8 Å². The summed E-state index contributed by atoms with van der Waals surface area (Å²) < 4.78 is 7.43. The molecular weight excluding hydrogens is 252 g/mol. The van der Waals surface area contributed by atoms with Crippen molar-refractivity contribution < 1.29 is 9.53 Å². The van der Waals surface area contributed by atoms with Crippen LogP contribution in [-0.2, 0) is 11.3 Å². The number of fused-ring (bicyclic) bond motifs is 1. The van der Waals surface area contributed by atoms with Gasteiger partial charge in [0.1, 0.15) is 0 Å². The Kier molecular flexibility index (Phi) is 3.61. The quantitative estimate of drug-likeness (QED) is 0.817. The zero-order chi connectivity index (χ0) is 13.1. The van der Waals surface area contributed by atoms with Crippen LogP contribution in [0.1, 0.15) is 6.42 Å². The van der Waals surface area contributed by atoms with Crippen molar-refractivity contribution in [1.82, 2.24) is 19.9 Å². The third-order valence-electron chi connectivity index (χ3n) is 2.64. The fraction of sp³-hybridized carbons (Fsp3) is 0.364. The summed E-state index contributed by atoms with van der Waals surface area (Å²) in [5, 5.41) is 2.58. The number of carbonyl (C=O) groups excluding carboxylic acids is 1. The Labute approximate surface area is 109 Å². The summed E-state index contributed by atoms with van der Waals surface area (Å²) >= 11 is 5.22. The number of methoxy groups -OCH3 is 1. The number of H-pyrrole nitrogens is 1. The molecule has 0 atom stereocenters. The van der Waals surface area contributed by atoms with Crippen molar-refractivity contribution >= 4 is 29.3 Å². The Morgan fingerprint density at radius 1 is 1.61 bits per heavy atom. The molecule has 0 unspecified atom stereocenters. The lowest BCUT2D eigenvalue weighted by atomic mass is 10.4. The number of aryl methyl sites for hydroxylation is 1. The molecule has 18 heavy (non-hydrogen) atoms. The molecule has 7 heteroatoms. The maximum Gasteiger partial charge on any atom is 0.221 e. The standard InChI is InChI=1S/C11H14N4O2S/c1-12-8(16)5-6-15-10-7(13-11(15)18)3-4-9(14-10)17-2/h3-4H,5-6H2,1-2H3,(H,12,16)(H,13,18). The highest BCUT2D eigenvalue weighted by Gasteiger charge is 2.08. The van der Waals surface area contributed by atoms with Crippen LogP contribution in [0.25, 0.3) is 11.2 Å². The van der Waals surface area contributed by atoms with Crippen molar-refractivity contribution in [1.29, 1.82) is 0 Å². The molecule has 0 radical (unpaired) electrons. The molecule has 2 aromatic heterocycles. The minimum absolute atomic E-state index is 0.0332. The van der Waals surface area contributed by atoms with Gasteiger partial charge in [0, 0.05) is 26.1 Å². The fourth-order valence-electron chi connectivity index (χ4n) is 1.67. The third-order valence-corrected chi connectivity index (χ3v) is 2.96. The number of carbonyl (C=O) groups is 1. The van der Waals surface area contributed by atoms with Gasteiger partial charge in [-0.25, -0.2) is 0 Å². The number of hydrogen-bond acceptors (Lipinski definition) is 4. The van der Waals surface area contributed by atoms with Gasteiger partial charge in [-0.2, -0.15) is 4.98 Å². The van der Waals surface area contributed by atoms with Crippen molar-refractivity contribution in [3.05, 3.63) is 16.9 Å². The first kappa shape index (κ1) is 12.6. The van der Waals surface area contributed by atoms with E-state index < -0.39 is 0 Å². The van der Waals surface area contributed by atoms with Crippen molar-refractivity contribution in [3.8, 4) is 5.88 Å². The van der Waals surface area contributed by atoms with E-state index in [9.17, 15) is 4.79 Å². The van der Waals surface area contributed by atoms with Crippen LogP contribution in [0, 0.1) is 4.77 Å². The molecule has 96 valence electrons. The molecule has 2 aromatic rings. The van der Waals surface area contributed by atoms with Gasteiger partial charge in [0.15, 0.2) is 10.4 Å². The highest BCUT2D eigenvalue weighted by atomic mass is 32.1. The molecule has 2 N–H and O–H groups in total. The van der Waals surface area contributed by atoms with E-state index in [2.05, 4.69) is 15.3 Å². The molecule has 1 amide bonds. The molecule has 0 aromatic carbocycles. The lowest BCUT2D eigenvalue weighted by Crippen LogP contribution is -2.19. The lowest BCUT2D eigenvalue weighted by Gasteiger charge is -2.04. The van der Waals surface area contributed by atoms with Gasteiger partial charge < -0.3 is 19.6 Å². The molecule has 2 heterocycles. The van der Waals surface area contributed by atoms with Crippen LogP contribution in [-0.4, -0.2) is 34.6 Å². The van der Waals surface area contributed by atoms with Crippen molar-refractivity contribution in [2.24, 2.45) is 0 Å². The maximum absolute atomic E-state index is 11.3. The van der Waals surface area contributed by atoms with Gasteiger partial charge >= 0.3 is 0 Å². The van der Waals surface area contributed by atoms with E-state index >= 15 is 0 Å². The van der Waals surface area contributed by atoms with Crippen LogP contribution in [0.5, 0.6) is 5.88 Å². The minimum atomic E-state index is -0.0332.